The van der Waals surface area contributed by atoms with Gasteiger partial charge in [-0.15, -0.1) is 0 Å². The molecule has 0 aliphatic carbocycles. The molecule has 0 radical (unpaired) electrons. The molecule has 1 aromatic heterocycles. The minimum absolute atomic E-state index is 0.0157. The number of benzene rings is 4. The molecule has 0 spiro atoms. The van der Waals surface area contributed by atoms with E-state index in [4.69, 9.17) is 14.2 Å². The molecular formula is C40H42N4O5. The molecule has 1 saturated heterocycles. The van der Waals surface area contributed by atoms with Gasteiger partial charge in [0.15, 0.2) is 6.29 Å². The van der Waals surface area contributed by atoms with E-state index in [-0.39, 0.29) is 30.8 Å². The summed E-state index contributed by atoms with van der Waals surface area (Å²) >= 11 is 0. The minimum atomic E-state index is -0.658. The van der Waals surface area contributed by atoms with E-state index < -0.39 is 6.29 Å². The number of aromatic nitrogens is 1. The van der Waals surface area contributed by atoms with Crippen LogP contribution in [0.2, 0.25) is 0 Å². The summed E-state index contributed by atoms with van der Waals surface area (Å²) in [6.07, 6.45) is 1.63. The summed E-state index contributed by atoms with van der Waals surface area (Å²) in [4.78, 5) is 19.7. The Morgan fingerprint density at radius 2 is 1.55 bits per heavy atom. The van der Waals surface area contributed by atoms with Gasteiger partial charge in [0.2, 0.25) is 0 Å². The first-order valence-corrected chi connectivity index (χ1v) is 16.5. The van der Waals surface area contributed by atoms with Gasteiger partial charge in [0.1, 0.15) is 11.5 Å². The quantitative estimate of drug-likeness (QED) is 0.125. The van der Waals surface area contributed by atoms with E-state index >= 15 is 0 Å². The van der Waals surface area contributed by atoms with Crippen molar-refractivity contribution in [2.75, 3.05) is 30.8 Å². The van der Waals surface area contributed by atoms with Gasteiger partial charge in [-0.25, -0.2) is 4.79 Å². The lowest BCUT2D eigenvalue weighted by Crippen LogP contribution is -2.44. The standard InChI is InChI=1S/C40H42N4O5/c1-28-37(26-44(2)24-22-32-10-6-7-23-41-32)48-39(49-38(28)30-16-14-29(27-45)15-17-30)31-9-8-11-34(25-31)43-40(46)42-33-18-20-36(21-19-33)47-35-12-4-3-5-13-35/h3-21,23,25,28,37-39,45H,22,24,26-27H2,1-2H3,(H2,42,43,46)/t28-,37+,38+,39+/m0/s1. The number of amides is 2. The molecule has 1 fully saturated rings. The van der Waals surface area contributed by atoms with Gasteiger partial charge < -0.3 is 34.9 Å². The molecule has 0 unspecified atom stereocenters. The first kappa shape index (κ1) is 33.8. The number of aliphatic hydroxyl groups is 1. The van der Waals surface area contributed by atoms with E-state index in [1.165, 1.54) is 0 Å². The third-order valence-electron chi connectivity index (χ3n) is 8.60. The number of nitrogens with one attached hydrogen (secondary N) is 2. The second kappa shape index (κ2) is 16.4. The summed E-state index contributed by atoms with van der Waals surface area (Å²) in [6, 6.07) is 37.8. The van der Waals surface area contributed by atoms with Crippen LogP contribution in [0.4, 0.5) is 16.2 Å². The fourth-order valence-electron chi connectivity index (χ4n) is 5.87. The summed E-state index contributed by atoms with van der Waals surface area (Å²) in [7, 11) is 2.10. The number of pyridine rings is 1. The van der Waals surface area contributed by atoms with E-state index in [9.17, 15) is 9.90 Å². The molecule has 5 aromatic rings. The average molecular weight is 659 g/mol. The zero-order valence-corrected chi connectivity index (χ0v) is 27.7. The highest BCUT2D eigenvalue weighted by Gasteiger charge is 2.38. The normalized spacial score (nSPS) is 18.9. The van der Waals surface area contributed by atoms with Gasteiger partial charge in [-0.1, -0.05) is 67.6 Å². The maximum Gasteiger partial charge on any atom is 0.323 e. The van der Waals surface area contributed by atoms with Crippen LogP contribution in [0.5, 0.6) is 11.5 Å². The summed E-state index contributed by atoms with van der Waals surface area (Å²) in [6.45, 7) is 3.68. The molecule has 49 heavy (non-hydrogen) atoms. The molecule has 1 aliphatic heterocycles. The van der Waals surface area contributed by atoms with Crippen molar-refractivity contribution in [2.24, 2.45) is 5.92 Å². The molecule has 0 saturated carbocycles. The summed E-state index contributed by atoms with van der Waals surface area (Å²) < 4.78 is 19.1. The van der Waals surface area contributed by atoms with Gasteiger partial charge in [0, 0.05) is 54.3 Å². The fraction of sp³-hybridized carbons (Fsp3) is 0.250. The SMILES string of the molecule is C[C@H]1[C@@H](CN(C)CCc2ccccn2)O[C@@H](c2cccc(NC(=O)Nc3ccc(Oc4ccccc4)cc3)c2)O[C@H]1c1ccc(CO)cc1. The Labute approximate surface area is 287 Å². The molecule has 2 amide bonds. The molecule has 6 rings (SSSR count). The van der Waals surface area contributed by atoms with Crippen LogP contribution in [0.3, 0.4) is 0 Å². The van der Waals surface area contributed by atoms with Gasteiger partial charge in [0.25, 0.3) is 0 Å². The lowest BCUT2D eigenvalue weighted by Gasteiger charge is -2.42. The van der Waals surface area contributed by atoms with Gasteiger partial charge in [-0.2, -0.15) is 0 Å². The van der Waals surface area contributed by atoms with Crippen LogP contribution in [0.25, 0.3) is 0 Å². The first-order valence-electron chi connectivity index (χ1n) is 16.5. The maximum absolute atomic E-state index is 13.0. The largest absolute Gasteiger partial charge is 0.457 e. The molecule has 9 nitrogen and oxygen atoms in total. The van der Waals surface area contributed by atoms with E-state index in [0.29, 0.717) is 23.7 Å². The van der Waals surface area contributed by atoms with Crippen LogP contribution in [-0.4, -0.2) is 47.3 Å². The number of carbonyl (C=O) groups is 1. The van der Waals surface area contributed by atoms with Crippen molar-refractivity contribution < 1.29 is 24.1 Å². The lowest BCUT2D eigenvalue weighted by atomic mass is 9.90. The first-order chi connectivity index (χ1) is 23.9. The number of para-hydroxylation sites is 1. The number of hydrogen-bond acceptors (Lipinski definition) is 7. The zero-order valence-electron chi connectivity index (χ0n) is 27.7. The number of likely N-dealkylation sites (N-methyl/N-ethyl adjacent to an activating group) is 1. The van der Waals surface area contributed by atoms with E-state index in [1.807, 2.05) is 115 Å². The van der Waals surface area contributed by atoms with Crippen LogP contribution < -0.4 is 15.4 Å². The second-order valence-electron chi connectivity index (χ2n) is 12.3. The third-order valence-corrected chi connectivity index (χ3v) is 8.60. The summed E-state index contributed by atoms with van der Waals surface area (Å²) in [5.41, 5.74) is 4.96. The lowest BCUT2D eigenvalue weighted by molar-refractivity contribution is -0.275. The molecule has 1 aliphatic rings. The zero-order chi connectivity index (χ0) is 34.0. The van der Waals surface area contributed by atoms with Gasteiger partial charge in [-0.05, 0) is 78.8 Å². The number of aliphatic hydroxyl groups excluding tert-OH is 1. The minimum Gasteiger partial charge on any atom is -0.457 e. The van der Waals surface area contributed by atoms with E-state index in [0.717, 1.165) is 41.1 Å². The van der Waals surface area contributed by atoms with E-state index in [1.54, 1.807) is 12.1 Å². The molecule has 4 atom stereocenters. The third kappa shape index (κ3) is 9.31. The Morgan fingerprint density at radius 3 is 2.29 bits per heavy atom. The van der Waals surface area contributed by atoms with Crippen LogP contribution >= 0.6 is 0 Å². The van der Waals surface area contributed by atoms with Gasteiger partial charge in [-0.3, -0.25) is 4.98 Å². The van der Waals surface area contributed by atoms with Crippen molar-refractivity contribution in [3.05, 3.63) is 150 Å². The van der Waals surface area contributed by atoms with Crippen LogP contribution in [-0.2, 0) is 22.5 Å². The van der Waals surface area contributed by atoms with Gasteiger partial charge in [0.05, 0.1) is 18.8 Å². The highest BCUT2D eigenvalue weighted by atomic mass is 16.7. The Bertz CT molecular complexity index is 1770. The molecule has 252 valence electrons. The average Bonchev–Trinajstić information content (AvgIpc) is 3.13. The fourth-order valence-corrected chi connectivity index (χ4v) is 5.87. The predicted molar refractivity (Wildman–Crippen MR) is 190 cm³/mol. The molecule has 0 bridgehead atoms. The molecule has 4 aromatic carbocycles. The molecule has 3 N–H and O–H groups in total. The number of nitrogens with zero attached hydrogens (tertiary/aromatic N) is 2. The van der Waals surface area contributed by atoms with Crippen LogP contribution in [0, 0.1) is 5.92 Å². The monoisotopic (exact) mass is 658 g/mol. The number of rotatable bonds is 12. The number of anilines is 2. The highest BCUT2D eigenvalue weighted by Crippen LogP contribution is 2.42. The molecule has 9 heteroatoms. The van der Waals surface area contributed by atoms with Crippen molar-refractivity contribution in [1.82, 2.24) is 9.88 Å². The second-order valence-corrected chi connectivity index (χ2v) is 12.3. The Balaban J connectivity index is 1.13. The number of hydrogen-bond donors (Lipinski definition) is 3. The van der Waals surface area contributed by atoms with E-state index in [2.05, 4.69) is 34.5 Å². The molecular weight excluding hydrogens is 616 g/mol. The Kier molecular flexibility index (Phi) is 11.3. The highest BCUT2D eigenvalue weighted by molar-refractivity contribution is 5.99. The van der Waals surface area contributed by atoms with Crippen molar-refractivity contribution in [3.8, 4) is 11.5 Å². The van der Waals surface area contributed by atoms with Crippen molar-refractivity contribution in [1.29, 1.82) is 0 Å². The topological polar surface area (TPSA) is 105 Å². The smallest absolute Gasteiger partial charge is 0.323 e. The van der Waals surface area contributed by atoms with Crippen molar-refractivity contribution in [2.45, 2.75) is 38.4 Å². The number of urea groups is 1. The summed E-state index contributed by atoms with van der Waals surface area (Å²) in [5.74, 6) is 1.46. The maximum atomic E-state index is 13.0. The summed E-state index contributed by atoms with van der Waals surface area (Å²) in [5, 5.41) is 15.4. The number of carbonyl (C=O) groups excluding carboxylic acids is 1. The Hall–Kier alpha value is -5.06. The van der Waals surface area contributed by atoms with Crippen molar-refractivity contribution >= 4 is 17.4 Å². The Morgan fingerprint density at radius 1 is 0.816 bits per heavy atom. The van der Waals surface area contributed by atoms with Crippen LogP contribution in [0.1, 0.15) is 41.7 Å². The predicted octanol–water partition coefficient (Wildman–Crippen LogP) is 7.98. The molecule has 2 heterocycles. The van der Waals surface area contributed by atoms with Crippen LogP contribution in [0.15, 0.2) is 128 Å². The number of ether oxygens (including phenoxy) is 3. The van der Waals surface area contributed by atoms with Crippen molar-refractivity contribution in [3.63, 3.8) is 0 Å². The van der Waals surface area contributed by atoms with Gasteiger partial charge >= 0.3 is 6.03 Å².